The summed E-state index contributed by atoms with van der Waals surface area (Å²) in [5, 5.41) is 11.4. The first-order chi connectivity index (χ1) is 10.7. The molecule has 5 heteroatoms. The first-order valence-electron chi connectivity index (χ1n) is 8.03. The molecule has 0 amide bonds. The average Bonchev–Trinajstić information content (AvgIpc) is 2.88. The van der Waals surface area contributed by atoms with Crippen LogP contribution < -0.4 is 9.80 Å². The van der Waals surface area contributed by atoms with E-state index in [2.05, 4.69) is 7.05 Å². The number of nitrogens with zero attached hydrogens (tertiary/aromatic N) is 1. The predicted octanol–water partition coefficient (Wildman–Crippen LogP) is -1.77. The monoisotopic (exact) mass is 303 g/mol. The molecule has 3 N–H and O–H groups in total. The van der Waals surface area contributed by atoms with Crippen molar-refractivity contribution in [1.82, 2.24) is 4.57 Å². The van der Waals surface area contributed by atoms with Crippen LogP contribution in [0.1, 0.15) is 10.4 Å². The number of hydrogen-bond acceptors (Lipinski definition) is 2. The van der Waals surface area contributed by atoms with E-state index in [4.69, 9.17) is 0 Å². The van der Waals surface area contributed by atoms with Crippen molar-refractivity contribution in [3.05, 3.63) is 36.0 Å². The molecule has 1 saturated heterocycles. The number of aldehydes is 1. The number of carbonyl (C=O) groups excluding carboxylic acids is 1. The second kappa shape index (κ2) is 6.60. The smallest absolute Gasteiger partial charge is 0.152 e. The standard InChI is InChI=1S/C17H23N3O2/c1-18-6-8-19(9-7-18)11-15(22)12-20-10-14(13-21)16-4-2-3-5-17(16)20/h2-5,10,13,15,22H,6-9,11-12H2,1H3/p+2/t15-/m1/s1. The summed E-state index contributed by atoms with van der Waals surface area (Å²) in [6, 6.07) is 7.86. The number of likely N-dealkylation sites (N-methyl/N-ethyl adjacent to an activating group) is 1. The van der Waals surface area contributed by atoms with Crippen molar-refractivity contribution in [2.24, 2.45) is 0 Å². The van der Waals surface area contributed by atoms with Crippen LogP contribution in [0.4, 0.5) is 0 Å². The Morgan fingerprint density at radius 1 is 1.27 bits per heavy atom. The maximum absolute atomic E-state index is 11.2. The highest BCUT2D eigenvalue weighted by Crippen LogP contribution is 2.20. The second-order valence-electron chi connectivity index (χ2n) is 6.44. The van der Waals surface area contributed by atoms with E-state index < -0.39 is 0 Å². The fraction of sp³-hybridized carbons (Fsp3) is 0.471. The summed E-state index contributed by atoms with van der Waals surface area (Å²) in [4.78, 5) is 14.2. The molecule has 1 aromatic carbocycles. The van der Waals surface area contributed by atoms with E-state index in [-0.39, 0.29) is 6.10 Å². The van der Waals surface area contributed by atoms with Crippen LogP contribution in [0.15, 0.2) is 30.5 Å². The van der Waals surface area contributed by atoms with Crippen LogP contribution in [0.3, 0.4) is 0 Å². The number of nitrogens with one attached hydrogen (secondary N) is 2. The number of quaternary nitrogens is 2. The zero-order chi connectivity index (χ0) is 15.5. The van der Waals surface area contributed by atoms with Gasteiger partial charge in [-0.05, 0) is 6.07 Å². The van der Waals surface area contributed by atoms with E-state index >= 15 is 0 Å². The average molecular weight is 303 g/mol. The zero-order valence-corrected chi connectivity index (χ0v) is 13.1. The lowest BCUT2D eigenvalue weighted by Gasteiger charge is -2.28. The third-order valence-corrected chi connectivity index (χ3v) is 4.69. The minimum absolute atomic E-state index is 0.385. The number of aromatic nitrogens is 1. The van der Waals surface area contributed by atoms with Crippen molar-refractivity contribution in [3.8, 4) is 0 Å². The predicted molar refractivity (Wildman–Crippen MR) is 85.5 cm³/mol. The van der Waals surface area contributed by atoms with E-state index in [1.807, 2.05) is 35.0 Å². The van der Waals surface area contributed by atoms with Crippen LogP contribution >= 0.6 is 0 Å². The number of carbonyl (C=O) groups is 1. The van der Waals surface area contributed by atoms with Gasteiger partial charge in [0, 0.05) is 22.7 Å². The SMILES string of the molecule is C[NH+]1CC[NH+](C[C@@H](O)Cn2cc(C=O)c3ccccc32)CC1. The van der Waals surface area contributed by atoms with Crippen LogP contribution in [0.25, 0.3) is 10.9 Å². The molecular weight excluding hydrogens is 278 g/mol. The quantitative estimate of drug-likeness (QED) is 0.573. The Balaban J connectivity index is 1.69. The van der Waals surface area contributed by atoms with Gasteiger partial charge in [0.15, 0.2) is 6.29 Å². The number of benzene rings is 1. The van der Waals surface area contributed by atoms with Crippen LogP contribution in [-0.2, 0) is 6.54 Å². The Bertz CT molecular complexity index is 644. The summed E-state index contributed by atoms with van der Waals surface area (Å²) in [7, 11) is 2.22. The van der Waals surface area contributed by atoms with Gasteiger partial charge in [0.25, 0.3) is 0 Å². The summed E-state index contributed by atoms with van der Waals surface area (Å²) in [6.07, 6.45) is 2.35. The number of rotatable bonds is 5. The van der Waals surface area contributed by atoms with E-state index in [1.54, 1.807) is 4.90 Å². The van der Waals surface area contributed by atoms with Gasteiger partial charge in [0.1, 0.15) is 38.8 Å². The summed E-state index contributed by atoms with van der Waals surface area (Å²) in [5.74, 6) is 0. The molecule has 3 rings (SSSR count). The molecule has 1 aliphatic rings. The number of hydrogen-bond donors (Lipinski definition) is 3. The zero-order valence-electron chi connectivity index (χ0n) is 13.1. The molecule has 118 valence electrons. The fourth-order valence-electron chi connectivity index (χ4n) is 3.38. The highest BCUT2D eigenvalue weighted by Gasteiger charge is 2.23. The first-order valence-corrected chi connectivity index (χ1v) is 8.03. The third-order valence-electron chi connectivity index (χ3n) is 4.69. The van der Waals surface area contributed by atoms with Gasteiger partial charge in [0.05, 0.1) is 13.6 Å². The Kier molecular flexibility index (Phi) is 4.57. The summed E-state index contributed by atoms with van der Waals surface area (Å²) >= 11 is 0. The van der Waals surface area contributed by atoms with Crippen LogP contribution in [0.2, 0.25) is 0 Å². The summed E-state index contributed by atoms with van der Waals surface area (Å²) in [6.45, 7) is 5.90. The Morgan fingerprint density at radius 3 is 2.73 bits per heavy atom. The first kappa shape index (κ1) is 15.2. The molecule has 0 saturated carbocycles. The highest BCUT2D eigenvalue weighted by molar-refractivity contribution is 5.97. The molecular formula is C17H25N3O2+2. The van der Waals surface area contributed by atoms with Crippen LogP contribution in [0, 0.1) is 0 Å². The molecule has 22 heavy (non-hydrogen) atoms. The van der Waals surface area contributed by atoms with Gasteiger partial charge in [-0.1, -0.05) is 18.2 Å². The van der Waals surface area contributed by atoms with Crippen molar-refractivity contribution in [3.63, 3.8) is 0 Å². The minimum Gasteiger partial charge on any atom is -0.385 e. The van der Waals surface area contributed by atoms with E-state index in [0.717, 1.165) is 36.8 Å². The van der Waals surface area contributed by atoms with Crippen molar-refractivity contribution in [2.75, 3.05) is 39.8 Å². The summed E-state index contributed by atoms with van der Waals surface area (Å²) in [5.41, 5.74) is 1.71. The molecule has 2 aromatic rings. The van der Waals surface area contributed by atoms with Crippen LogP contribution in [0.5, 0.6) is 0 Å². The normalized spacial score (nSPS) is 23.5. The lowest BCUT2D eigenvalue weighted by atomic mass is 10.2. The molecule has 0 aliphatic carbocycles. The highest BCUT2D eigenvalue weighted by atomic mass is 16.3. The largest absolute Gasteiger partial charge is 0.385 e. The maximum Gasteiger partial charge on any atom is 0.152 e. The van der Waals surface area contributed by atoms with Gasteiger partial charge in [-0.3, -0.25) is 4.79 Å². The molecule has 0 spiro atoms. The van der Waals surface area contributed by atoms with Crippen molar-refractivity contribution in [1.29, 1.82) is 0 Å². The van der Waals surface area contributed by atoms with E-state index in [0.29, 0.717) is 12.1 Å². The number of aliphatic hydroxyl groups excluding tert-OH is 1. The lowest BCUT2D eigenvalue weighted by molar-refractivity contribution is -1.00. The molecule has 1 aromatic heterocycles. The fourth-order valence-corrected chi connectivity index (χ4v) is 3.38. The molecule has 1 atom stereocenters. The minimum atomic E-state index is -0.385. The van der Waals surface area contributed by atoms with E-state index in [9.17, 15) is 9.90 Å². The Hall–Kier alpha value is -1.69. The van der Waals surface area contributed by atoms with Gasteiger partial charge < -0.3 is 19.5 Å². The van der Waals surface area contributed by atoms with Crippen molar-refractivity contribution < 1.29 is 19.7 Å². The molecule has 2 heterocycles. The van der Waals surface area contributed by atoms with E-state index in [1.165, 1.54) is 18.0 Å². The van der Waals surface area contributed by atoms with Gasteiger partial charge in [0.2, 0.25) is 0 Å². The number of para-hydroxylation sites is 1. The molecule has 1 fully saturated rings. The lowest BCUT2D eigenvalue weighted by Crippen LogP contribution is -3.27. The van der Waals surface area contributed by atoms with Gasteiger partial charge >= 0.3 is 0 Å². The Labute approximate surface area is 130 Å². The number of fused-ring (bicyclic) bond motifs is 1. The topological polar surface area (TPSA) is 51.1 Å². The number of aliphatic hydroxyl groups is 1. The summed E-state index contributed by atoms with van der Waals surface area (Å²) < 4.78 is 2.00. The maximum atomic E-state index is 11.2. The van der Waals surface area contributed by atoms with Crippen molar-refractivity contribution in [2.45, 2.75) is 12.6 Å². The molecule has 0 radical (unpaired) electrons. The molecule has 1 aliphatic heterocycles. The molecule has 0 unspecified atom stereocenters. The van der Waals surface area contributed by atoms with Crippen molar-refractivity contribution >= 4 is 17.2 Å². The molecule has 5 nitrogen and oxygen atoms in total. The van der Waals surface area contributed by atoms with Gasteiger partial charge in [-0.25, -0.2) is 0 Å². The Morgan fingerprint density at radius 2 is 2.00 bits per heavy atom. The van der Waals surface area contributed by atoms with Gasteiger partial charge in [-0.2, -0.15) is 0 Å². The van der Waals surface area contributed by atoms with Gasteiger partial charge in [-0.15, -0.1) is 0 Å². The third kappa shape index (κ3) is 3.21. The number of piperazine rings is 1. The molecule has 0 bridgehead atoms. The van der Waals surface area contributed by atoms with Crippen LogP contribution in [-0.4, -0.2) is 61.8 Å². The second-order valence-corrected chi connectivity index (χ2v) is 6.44.